The highest BCUT2D eigenvalue weighted by Crippen LogP contribution is 2.28. The van der Waals surface area contributed by atoms with Crippen molar-refractivity contribution in [2.75, 3.05) is 6.61 Å². The third-order valence-corrected chi connectivity index (χ3v) is 2.94. The topological polar surface area (TPSA) is 56.5 Å². The van der Waals surface area contributed by atoms with E-state index in [4.69, 9.17) is 10.6 Å². The Labute approximate surface area is 110 Å². The number of nitrogens with one attached hydrogen (secondary N) is 1. The second kappa shape index (κ2) is 6.49. The van der Waals surface area contributed by atoms with Gasteiger partial charge in [0.2, 0.25) is 0 Å². The number of halogens is 2. The summed E-state index contributed by atoms with van der Waals surface area (Å²) in [5.41, 5.74) is 4.63. The lowest BCUT2D eigenvalue weighted by Gasteiger charge is -2.23. The number of nitrogens with two attached hydrogens (primary N) is 1. The molecule has 0 spiro atoms. The number of hydrogen-bond donors (Lipinski definition) is 2. The smallest absolute Gasteiger partial charge is 0.387 e. The molecular weight excluding hydrogens is 254 g/mol. The van der Waals surface area contributed by atoms with Crippen molar-refractivity contribution < 1.29 is 18.3 Å². The first-order chi connectivity index (χ1) is 9.20. The zero-order valence-electron chi connectivity index (χ0n) is 10.3. The molecule has 1 aromatic carbocycles. The van der Waals surface area contributed by atoms with Gasteiger partial charge in [0.15, 0.2) is 0 Å². The van der Waals surface area contributed by atoms with Crippen LogP contribution < -0.4 is 16.0 Å². The summed E-state index contributed by atoms with van der Waals surface area (Å²) in [7, 11) is 0. The second-order valence-corrected chi connectivity index (χ2v) is 4.21. The fourth-order valence-corrected chi connectivity index (χ4v) is 2.06. The van der Waals surface area contributed by atoms with E-state index in [1.54, 1.807) is 18.4 Å². The Bertz CT molecular complexity index is 435. The lowest BCUT2D eigenvalue weighted by atomic mass is 9.96. The van der Waals surface area contributed by atoms with Gasteiger partial charge in [-0.25, -0.2) is 5.43 Å². The molecule has 0 bridgehead atoms. The van der Waals surface area contributed by atoms with Crippen LogP contribution in [-0.2, 0) is 4.74 Å². The Morgan fingerprint density at radius 2 is 2.00 bits per heavy atom. The fraction of sp³-hybridized carbons (Fsp3) is 0.385. The van der Waals surface area contributed by atoms with E-state index >= 15 is 0 Å². The van der Waals surface area contributed by atoms with Crippen molar-refractivity contribution >= 4 is 0 Å². The first kappa shape index (κ1) is 13.8. The summed E-state index contributed by atoms with van der Waals surface area (Å²) in [5, 5.41) is 0. The summed E-state index contributed by atoms with van der Waals surface area (Å²) in [6.45, 7) is -2.11. The third-order valence-electron chi connectivity index (χ3n) is 2.94. The highest BCUT2D eigenvalue weighted by Gasteiger charge is 2.18. The van der Waals surface area contributed by atoms with Gasteiger partial charge in [-0.05, 0) is 36.1 Å². The van der Waals surface area contributed by atoms with Crippen LogP contribution >= 0.6 is 0 Å². The van der Waals surface area contributed by atoms with E-state index in [0.29, 0.717) is 6.61 Å². The fourth-order valence-electron chi connectivity index (χ4n) is 2.06. The van der Waals surface area contributed by atoms with Crippen LogP contribution in [0.3, 0.4) is 0 Å². The Balaban J connectivity index is 2.12. The lowest BCUT2D eigenvalue weighted by Crippen LogP contribution is -2.30. The van der Waals surface area contributed by atoms with Crippen molar-refractivity contribution in [2.45, 2.75) is 25.5 Å². The van der Waals surface area contributed by atoms with Crippen molar-refractivity contribution in [3.05, 3.63) is 41.7 Å². The van der Waals surface area contributed by atoms with Gasteiger partial charge in [-0.15, -0.1) is 0 Å². The minimum atomic E-state index is -2.82. The third kappa shape index (κ3) is 3.65. The molecule has 0 saturated heterocycles. The molecule has 0 fully saturated rings. The molecule has 1 aromatic rings. The number of alkyl halides is 2. The van der Waals surface area contributed by atoms with E-state index in [1.807, 2.05) is 0 Å². The van der Waals surface area contributed by atoms with Gasteiger partial charge in [0, 0.05) is 0 Å². The minimum Gasteiger partial charge on any atom is -0.501 e. The van der Waals surface area contributed by atoms with Crippen LogP contribution in [0.15, 0.2) is 36.1 Å². The largest absolute Gasteiger partial charge is 0.501 e. The first-order valence-corrected chi connectivity index (χ1v) is 6.02. The zero-order valence-corrected chi connectivity index (χ0v) is 10.3. The highest BCUT2D eigenvalue weighted by atomic mass is 19.3. The molecule has 1 heterocycles. The molecule has 4 nitrogen and oxygen atoms in total. The molecule has 1 aliphatic rings. The van der Waals surface area contributed by atoms with Gasteiger partial charge in [0.1, 0.15) is 5.75 Å². The predicted octanol–water partition coefficient (Wildman–Crippen LogP) is 2.49. The van der Waals surface area contributed by atoms with E-state index in [-0.39, 0.29) is 11.8 Å². The van der Waals surface area contributed by atoms with Gasteiger partial charge in [-0.3, -0.25) is 5.84 Å². The standard InChI is InChI=1S/C13H16F2N2O2/c14-13(15)19-11-5-3-9(4-6-11)12(17-16)10-2-1-7-18-8-10/h3-6,8,12-13,17H,1-2,7,16H2. The van der Waals surface area contributed by atoms with Crippen molar-refractivity contribution in [1.29, 1.82) is 0 Å². The minimum absolute atomic E-state index is 0.128. The maximum absolute atomic E-state index is 12.1. The SMILES string of the molecule is NNC(C1=COCCC1)c1ccc(OC(F)F)cc1. The van der Waals surface area contributed by atoms with E-state index in [9.17, 15) is 8.78 Å². The molecule has 104 valence electrons. The normalized spacial score (nSPS) is 16.7. The van der Waals surface area contributed by atoms with Gasteiger partial charge in [0.25, 0.3) is 0 Å². The monoisotopic (exact) mass is 270 g/mol. The van der Waals surface area contributed by atoms with Crippen LogP contribution in [0.25, 0.3) is 0 Å². The van der Waals surface area contributed by atoms with Crippen molar-refractivity contribution in [1.82, 2.24) is 5.43 Å². The highest BCUT2D eigenvalue weighted by molar-refractivity contribution is 5.33. The Morgan fingerprint density at radius 3 is 2.53 bits per heavy atom. The molecule has 6 heteroatoms. The van der Waals surface area contributed by atoms with Crippen molar-refractivity contribution in [3.8, 4) is 5.75 Å². The first-order valence-electron chi connectivity index (χ1n) is 6.02. The van der Waals surface area contributed by atoms with Gasteiger partial charge in [-0.2, -0.15) is 8.78 Å². The van der Waals surface area contributed by atoms with Gasteiger partial charge < -0.3 is 9.47 Å². The maximum Gasteiger partial charge on any atom is 0.387 e. The number of hydrazine groups is 1. The maximum atomic E-state index is 12.1. The molecule has 2 rings (SSSR count). The summed E-state index contributed by atoms with van der Waals surface area (Å²) in [4.78, 5) is 0. The zero-order chi connectivity index (χ0) is 13.7. The van der Waals surface area contributed by atoms with Gasteiger partial charge >= 0.3 is 6.61 Å². The molecule has 3 N–H and O–H groups in total. The average Bonchev–Trinajstić information content (AvgIpc) is 2.42. The molecule has 0 saturated carbocycles. The summed E-state index contributed by atoms with van der Waals surface area (Å²) >= 11 is 0. The predicted molar refractivity (Wildman–Crippen MR) is 66.4 cm³/mol. The molecular formula is C13H16F2N2O2. The summed E-state index contributed by atoms with van der Waals surface area (Å²) in [6, 6.07) is 6.22. The van der Waals surface area contributed by atoms with Crippen molar-refractivity contribution in [2.24, 2.45) is 5.84 Å². The van der Waals surface area contributed by atoms with Gasteiger partial charge in [-0.1, -0.05) is 12.1 Å². The molecule has 19 heavy (non-hydrogen) atoms. The summed E-state index contributed by atoms with van der Waals surface area (Å²) in [5.74, 6) is 5.68. The van der Waals surface area contributed by atoms with Crippen molar-refractivity contribution in [3.63, 3.8) is 0 Å². The Hall–Kier alpha value is -1.66. The molecule has 0 radical (unpaired) electrons. The number of benzene rings is 1. The van der Waals surface area contributed by atoms with Crippen LogP contribution in [0.4, 0.5) is 8.78 Å². The second-order valence-electron chi connectivity index (χ2n) is 4.21. The van der Waals surface area contributed by atoms with E-state index in [2.05, 4.69) is 10.2 Å². The average molecular weight is 270 g/mol. The van der Waals surface area contributed by atoms with E-state index in [0.717, 1.165) is 24.0 Å². The molecule has 0 aliphatic carbocycles. The van der Waals surface area contributed by atoms with E-state index in [1.165, 1.54) is 12.1 Å². The number of rotatable bonds is 5. The Morgan fingerprint density at radius 1 is 1.26 bits per heavy atom. The number of ether oxygens (including phenoxy) is 2. The quantitative estimate of drug-likeness (QED) is 0.637. The van der Waals surface area contributed by atoms with Gasteiger partial charge in [0.05, 0.1) is 18.9 Å². The summed E-state index contributed by atoms with van der Waals surface area (Å²) in [6.07, 6.45) is 3.54. The molecule has 0 aromatic heterocycles. The van der Waals surface area contributed by atoms with Crippen LogP contribution in [0.1, 0.15) is 24.4 Å². The molecule has 1 unspecified atom stereocenters. The van der Waals surface area contributed by atoms with Crippen LogP contribution in [0.2, 0.25) is 0 Å². The summed E-state index contributed by atoms with van der Waals surface area (Å²) < 4.78 is 33.7. The molecule has 1 atom stereocenters. The van der Waals surface area contributed by atoms with E-state index < -0.39 is 6.61 Å². The van der Waals surface area contributed by atoms with Crippen LogP contribution in [0.5, 0.6) is 5.75 Å². The molecule has 0 amide bonds. The number of hydrogen-bond acceptors (Lipinski definition) is 4. The lowest BCUT2D eigenvalue weighted by molar-refractivity contribution is -0.0498. The van der Waals surface area contributed by atoms with Crippen LogP contribution in [-0.4, -0.2) is 13.2 Å². The molecule has 1 aliphatic heterocycles. The Kier molecular flexibility index (Phi) is 4.70. The van der Waals surface area contributed by atoms with Crippen LogP contribution in [0, 0.1) is 0 Å².